The number of aliphatic hydroxyl groups is 30. The van der Waals surface area contributed by atoms with Crippen molar-refractivity contribution in [2.75, 3.05) is 66.1 Å². The van der Waals surface area contributed by atoms with Crippen molar-refractivity contribution in [2.45, 2.75) is 372 Å². The molecule has 0 aliphatic carbocycles. The molecular weight excluding hydrogens is 1820 g/mol. The van der Waals surface area contributed by atoms with Gasteiger partial charge in [0.1, 0.15) is 262 Å². The number of hydrogen-bond acceptors (Lipinski definition) is 55. The van der Waals surface area contributed by atoms with E-state index in [1.165, 1.54) is 6.92 Å². The van der Waals surface area contributed by atoms with Gasteiger partial charge in [0, 0.05) is 27.7 Å². The topological polar surface area (TPSA) is 917 Å². The summed E-state index contributed by atoms with van der Waals surface area (Å²) in [5.41, 5.74) is 0. The maximum atomic E-state index is 13.3. The van der Waals surface area contributed by atoms with Crippen LogP contribution in [0.4, 0.5) is 0 Å². The second-order valence-electron chi connectivity index (χ2n) is 33.8. The summed E-state index contributed by atoms with van der Waals surface area (Å²) in [5, 5.41) is 345. The third-order valence-electron chi connectivity index (χ3n) is 24.5. The van der Waals surface area contributed by atoms with E-state index in [1.54, 1.807) is 0 Å². The summed E-state index contributed by atoms with van der Waals surface area (Å²) in [7, 11) is 0. The Kier molecular flexibility index (Phi) is 39.1. The molecule has 11 saturated heterocycles. The molecule has 0 aromatic heterocycles. The highest BCUT2D eigenvalue weighted by Gasteiger charge is 2.63. The Balaban J connectivity index is 0.915. The zero-order chi connectivity index (χ0) is 97.8. The van der Waals surface area contributed by atoms with Crippen molar-refractivity contribution in [1.82, 2.24) is 21.3 Å². The minimum absolute atomic E-state index is 0.860. The monoisotopic (exact) mass is 1950 g/mol. The van der Waals surface area contributed by atoms with Crippen LogP contribution in [-0.2, 0) is 119 Å². The number of amides is 4. The van der Waals surface area contributed by atoms with Crippen molar-refractivity contribution >= 4 is 23.6 Å². The molecule has 11 rings (SSSR count). The zero-order valence-electron chi connectivity index (χ0n) is 71.4. The Morgan fingerprint density at radius 1 is 0.211 bits per heavy atom. The van der Waals surface area contributed by atoms with Gasteiger partial charge in [0.25, 0.3) is 0 Å². The van der Waals surface area contributed by atoms with E-state index in [-0.39, 0.29) is 0 Å². The average Bonchev–Trinajstić information content (AvgIpc) is 0.760. The number of carbonyl (C=O) groups is 4. The Bertz CT molecular complexity index is 3630. The molecule has 55 atom stereocenters. The lowest BCUT2D eigenvalue weighted by atomic mass is 9.93. The molecular formula is C74H124N4O55. The lowest BCUT2D eigenvalue weighted by Gasteiger charge is -2.51. The van der Waals surface area contributed by atoms with Crippen molar-refractivity contribution in [2.24, 2.45) is 0 Å². The van der Waals surface area contributed by atoms with Crippen molar-refractivity contribution in [3.05, 3.63) is 0 Å². The molecule has 0 saturated carbocycles. The summed E-state index contributed by atoms with van der Waals surface area (Å²) in [4.78, 5) is 52.1. The fraction of sp³-hybridized carbons (Fsp3) is 0.946. The Morgan fingerprint density at radius 2 is 0.459 bits per heavy atom. The minimum atomic E-state index is -2.67. The smallest absolute Gasteiger partial charge is 0.217 e. The second-order valence-corrected chi connectivity index (χ2v) is 33.8. The fourth-order valence-electron chi connectivity index (χ4n) is 17.3. The lowest BCUT2D eigenvalue weighted by Crippen LogP contribution is -2.71. The van der Waals surface area contributed by atoms with E-state index in [0.717, 1.165) is 27.7 Å². The van der Waals surface area contributed by atoms with Gasteiger partial charge in [0.2, 0.25) is 23.6 Å². The van der Waals surface area contributed by atoms with Gasteiger partial charge >= 0.3 is 0 Å². The Labute approximate surface area is 752 Å². The molecule has 1 unspecified atom stereocenters. The first-order chi connectivity index (χ1) is 62.9. The van der Waals surface area contributed by atoms with E-state index in [1.807, 2.05) is 0 Å². The molecule has 34 N–H and O–H groups in total. The van der Waals surface area contributed by atoms with Crippen LogP contribution in [-0.4, -0.2) is 580 Å². The molecule has 11 aliphatic rings. The summed E-state index contributed by atoms with van der Waals surface area (Å²) in [6.07, 6.45) is -107. The molecule has 0 aromatic rings. The molecule has 4 amide bonds. The van der Waals surface area contributed by atoms with Crippen LogP contribution in [0.25, 0.3) is 0 Å². The van der Waals surface area contributed by atoms with Gasteiger partial charge in [0.15, 0.2) is 69.2 Å². The van der Waals surface area contributed by atoms with Crippen LogP contribution in [0.1, 0.15) is 34.6 Å². The summed E-state index contributed by atoms with van der Waals surface area (Å²) in [6.45, 7) is -6.29. The molecule has 0 bridgehead atoms. The first-order valence-electron chi connectivity index (χ1n) is 42.5. The molecule has 11 fully saturated rings. The predicted molar refractivity (Wildman–Crippen MR) is 407 cm³/mol. The van der Waals surface area contributed by atoms with Gasteiger partial charge in [-0.15, -0.1) is 0 Å². The van der Waals surface area contributed by atoms with E-state index in [4.69, 9.17) is 99.5 Å². The standard InChI is InChI=1S/C74H124N4O55/c1-16-35(91)46(102)51(107)68(115-16)113-15-30-59(42(98)31(64(112)116-30)75-17(2)87)126-65-32(76-18(3)88)43(99)58(27(12-85)122-65)129-72-55(111)61(41(97)29(125-72)14-114-73-62(49(105)38(94)23(8-81)120-73)132-66-33(77-19(4)89)44(100)56(26(11-84)123-66)127-69-52(108)47(103)36(92)21(6-79)117-69)131-74-63(50(106)39(95)24(9-82)121-74)133-67-34(78-20(5)90)45(101)57(28(13-86)124-67)128-71-54(110)60(40(96)25(10-83)119-71)130-70-53(109)48(104)37(93)22(7-80)118-70/h16,21-74,79-86,91-112H,6-15H2,1-5H3,(H,75,87)(H,76,88)(H,77,89)(H,78,90)/t16-,21+,22+,23+,24+,25+,26+,27+,28+,29+,30+,31+,32+,33+,34+,35+,36-,37-,38+,39+,40-,41+,42+,43+,44+,45+,46+,47-,48-,49-,50-,51-,52+,53+,54+,55-,56+,57+,58+,59+,60-,61-,62-,63-,64?,65-,66-,67-,68+,69-,70-,71-,72-,73-,74+/m0/s1. The molecule has 0 spiro atoms. The van der Waals surface area contributed by atoms with Gasteiger partial charge in [0.05, 0.1) is 72.2 Å². The van der Waals surface area contributed by atoms with E-state index < -0.39 is 427 Å². The Hall–Kier alpha value is -4.16. The first-order valence-corrected chi connectivity index (χ1v) is 42.5. The van der Waals surface area contributed by atoms with Crippen molar-refractivity contribution in [3.63, 3.8) is 0 Å². The van der Waals surface area contributed by atoms with Crippen LogP contribution in [0.2, 0.25) is 0 Å². The highest BCUT2D eigenvalue weighted by molar-refractivity contribution is 5.74. The minimum Gasteiger partial charge on any atom is -0.394 e. The van der Waals surface area contributed by atoms with Crippen LogP contribution in [0.5, 0.6) is 0 Å². The number of ether oxygens (including phenoxy) is 21. The van der Waals surface area contributed by atoms with Crippen molar-refractivity contribution in [1.29, 1.82) is 0 Å². The van der Waals surface area contributed by atoms with E-state index in [9.17, 15) is 172 Å². The highest BCUT2D eigenvalue weighted by Crippen LogP contribution is 2.42. The van der Waals surface area contributed by atoms with Gasteiger partial charge in [-0.3, -0.25) is 19.2 Å². The molecule has 11 heterocycles. The largest absolute Gasteiger partial charge is 0.394 e. The Morgan fingerprint density at radius 3 is 0.842 bits per heavy atom. The fourth-order valence-corrected chi connectivity index (χ4v) is 17.3. The SMILES string of the molecule is CC(=O)N[C@H]1[C@H](O[C@H]2[C@H](O)[C@@H](NC(C)=O)C(O)O[C@@H]2CO[C@@H]2O[C@@H](C)[C@@H](O)[C@@H](O)[C@@H]2O)O[C@H](CO)[C@@H](O[C@@H]2O[C@H](CO[C@H]3O[C@H](CO)[C@@H](O)[C@H](O)[C@@H]3O[C@@H]3O[C@H](CO)[C@@H](O[C@@H]4O[C@H](CO)[C@H](O)[C@H](O)[C@H]4O)[C@H](O)[C@H]3NC(C)=O)[C@@H](O)[C@H](O[C@H]3O[C@H](CO)[C@@H](O)[C@H](O)[C@@H]3O[C@@H]3O[C@H](CO)[C@@H](O[C@@H]4O[C@H](CO)[C@H](O)[C@H](O[C@@H]5O[C@H](CO)[C@H](O)[C@H](O)[C@H]5O)[C@H]4O)[C@H](O)[C@H]3NC(C)=O)[C@@H]2O)[C@@H]1O. The van der Waals surface area contributed by atoms with Crippen molar-refractivity contribution < 1.29 is 272 Å². The number of carbonyl (C=O) groups excluding carboxylic acids is 4. The van der Waals surface area contributed by atoms with E-state index in [0.29, 0.717) is 0 Å². The summed E-state index contributed by atoms with van der Waals surface area (Å²) >= 11 is 0. The molecule has 59 nitrogen and oxygen atoms in total. The van der Waals surface area contributed by atoms with Gasteiger partial charge in [-0.05, 0) is 6.92 Å². The molecule has 0 aromatic carbocycles. The van der Waals surface area contributed by atoms with Gasteiger partial charge in [-0.1, -0.05) is 0 Å². The zero-order valence-corrected chi connectivity index (χ0v) is 71.4. The van der Waals surface area contributed by atoms with E-state index in [2.05, 4.69) is 21.3 Å². The quantitative estimate of drug-likeness (QED) is 0.0284. The van der Waals surface area contributed by atoms with Crippen LogP contribution in [0.3, 0.4) is 0 Å². The molecule has 59 heteroatoms. The van der Waals surface area contributed by atoms with Crippen molar-refractivity contribution in [3.8, 4) is 0 Å². The van der Waals surface area contributed by atoms with E-state index >= 15 is 0 Å². The predicted octanol–water partition coefficient (Wildman–Crippen LogP) is -23.4. The van der Waals surface area contributed by atoms with Crippen LogP contribution in [0.15, 0.2) is 0 Å². The summed E-state index contributed by atoms with van der Waals surface area (Å²) in [5.74, 6) is -3.87. The number of aliphatic hydroxyl groups excluding tert-OH is 30. The number of hydrogen-bond donors (Lipinski definition) is 34. The third kappa shape index (κ3) is 24.1. The summed E-state index contributed by atoms with van der Waals surface area (Å²) < 4.78 is 125. The maximum absolute atomic E-state index is 13.3. The normalized spacial score (nSPS) is 50.1. The van der Waals surface area contributed by atoms with Gasteiger partial charge < -0.3 is 274 Å². The second kappa shape index (κ2) is 47.6. The molecule has 11 aliphatic heterocycles. The van der Waals surface area contributed by atoms with Crippen LogP contribution < -0.4 is 21.3 Å². The number of rotatable bonds is 34. The third-order valence-corrected chi connectivity index (χ3v) is 24.5. The van der Waals surface area contributed by atoms with Crippen LogP contribution in [0, 0.1) is 0 Å². The lowest BCUT2D eigenvalue weighted by molar-refractivity contribution is -0.400. The number of nitrogens with one attached hydrogen (secondary N) is 4. The molecule has 133 heavy (non-hydrogen) atoms. The summed E-state index contributed by atoms with van der Waals surface area (Å²) in [6, 6.07) is -7.87. The van der Waals surface area contributed by atoms with Gasteiger partial charge in [-0.2, -0.15) is 0 Å². The first kappa shape index (κ1) is 109. The average molecular weight is 1950 g/mol. The van der Waals surface area contributed by atoms with Gasteiger partial charge in [-0.25, -0.2) is 0 Å². The van der Waals surface area contributed by atoms with Crippen LogP contribution >= 0.6 is 0 Å². The maximum Gasteiger partial charge on any atom is 0.217 e. The molecule has 770 valence electrons. The molecule has 0 radical (unpaired) electrons. The highest BCUT2D eigenvalue weighted by atomic mass is 16.8.